The van der Waals surface area contributed by atoms with Gasteiger partial charge in [0.15, 0.2) is 18.7 Å². The minimum atomic E-state index is -0.653. The minimum Gasteiger partial charge on any atom is -0.350 e. The molecule has 0 aliphatic carbocycles. The topological polar surface area (TPSA) is 68.8 Å². The average Bonchev–Trinajstić information content (AvgIpc) is 2.20. The third-order valence-electron chi connectivity index (χ3n) is 2.08. The summed E-state index contributed by atoms with van der Waals surface area (Å²) in [7, 11) is 1.14. The van der Waals surface area contributed by atoms with Crippen LogP contribution >= 0.6 is 7.26 Å². The SMILES string of the molecule is CC[P+](C)(CC)COC.N#CNC#N. The molecule has 0 rings (SSSR count). The molecule has 0 heterocycles. The summed E-state index contributed by atoms with van der Waals surface area (Å²) < 4.78 is 5.14. The van der Waals surface area contributed by atoms with E-state index >= 15 is 0 Å². The van der Waals surface area contributed by atoms with Gasteiger partial charge in [-0.2, -0.15) is 10.5 Å². The summed E-state index contributed by atoms with van der Waals surface area (Å²) >= 11 is 0. The van der Waals surface area contributed by atoms with Crippen LogP contribution in [0.15, 0.2) is 0 Å². The smallest absolute Gasteiger partial charge is 0.190 e. The molecule has 0 radical (unpaired) electrons. The van der Waals surface area contributed by atoms with Crippen LogP contribution in [0.1, 0.15) is 13.8 Å². The largest absolute Gasteiger partial charge is 0.350 e. The Labute approximate surface area is 87.2 Å². The van der Waals surface area contributed by atoms with E-state index in [2.05, 4.69) is 20.5 Å². The van der Waals surface area contributed by atoms with E-state index in [0.717, 1.165) is 6.35 Å². The number of rotatable bonds is 4. The Hall–Kier alpha value is -0.830. The molecule has 80 valence electrons. The Kier molecular flexibility index (Phi) is 11.4. The van der Waals surface area contributed by atoms with E-state index in [1.54, 1.807) is 12.4 Å². The first-order chi connectivity index (χ1) is 6.60. The number of nitrogens with zero attached hydrogens (tertiary/aromatic N) is 2. The Bertz CT molecular complexity index is 191. The molecule has 4 nitrogen and oxygen atoms in total. The number of nitrogens with one attached hydrogen (secondary N) is 1. The molecule has 0 fully saturated rings. The van der Waals surface area contributed by atoms with Crippen LogP contribution in [0.3, 0.4) is 0 Å². The van der Waals surface area contributed by atoms with E-state index in [9.17, 15) is 0 Å². The zero-order valence-electron chi connectivity index (χ0n) is 9.37. The third-order valence-corrected chi connectivity index (χ3v) is 6.01. The number of ether oxygens (including phenoxy) is 1. The van der Waals surface area contributed by atoms with E-state index in [4.69, 9.17) is 15.3 Å². The molecule has 0 atom stereocenters. The lowest BCUT2D eigenvalue weighted by molar-refractivity contribution is 0.253. The molecule has 0 saturated carbocycles. The van der Waals surface area contributed by atoms with Gasteiger partial charge in [0, 0.05) is 14.4 Å². The van der Waals surface area contributed by atoms with Crippen molar-refractivity contribution in [2.75, 3.05) is 32.4 Å². The molecule has 1 N–H and O–H groups in total. The average molecular weight is 216 g/mol. The zero-order valence-corrected chi connectivity index (χ0v) is 10.3. The fraction of sp³-hybridized carbons (Fsp3) is 0.778. The highest BCUT2D eigenvalue weighted by molar-refractivity contribution is 7.74. The van der Waals surface area contributed by atoms with Gasteiger partial charge in [-0.05, 0) is 13.8 Å². The first kappa shape index (κ1) is 15.6. The normalized spacial score (nSPS) is 9.00. The van der Waals surface area contributed by atoms with Crippen molar-refractivity contribution < 1.29 is 4.74 Å². The van der Waals surface area contributed by atoms with Crippen molar-refractivity contribution in [3.05, 3.63) is 0 Å². The summed E-state index contributed by atoms with van der Waals surface area (Å²) in [4.78, 5) is 0. The highest BCUT2D eigenvalue weighted by Gasteiger charge is 2.25. The van der Waals surface area contributed by atoms with Gasteiger partial charge in [-0.25, -0.2) is 5.32 Å². The fourth-order valence-electron chi connectivity index (χ4n) is 0.743. The summed E-state index contributed by atoms with van der Waals surface area (Å²) in [5, 5.41) is 16.7. The predicted molar refractivity (Wildman–Crippen MR) is 60.2 cm³/mol. The number of nitriles is 2. The van der Waals surface area contributed by atoms with Crippen LogP contribution < -0.4 is 5.32 Å². The van der Waals surface area contributed by atoms with Gasteiger partial charge in [-0.1, -0.05) is 0 Å². The van der Waals surface area contributed by atoms with Crippen molar-refractivity contribution in [1.82, 2.24) is 5.32 Å². The molecule has 5 heteroatoms. The molecule has 0 aromatic carbocycles. The van der Waals surface area contributed by atoms with Crippen molar-refractivity contribution in [3.63, 3.8) is 0 Å². The second kappa shape index (κ2) is 10.3. The molecule has 14 heavy (non-hydrogen) atoms. The van der Waals surface area contributed by atoms with Gasteiger partial charge in [0.25, 0.3) is 0 Å². The van der Waals surface area contributed by atoms with Crippen LogP contribution in [0.2, 0.25) is 0 Å². The molecule has 0 unspecified atom stereocenters. The van der Waals surface area contributed by atoms with E-state index in [1.165, 1.54) is 24.7 Å². The molecule has 0 bridgehead atoms. The molecular formula is C9H19N3OP+. The Morgan fingerprint density at radius 2 is 1.64 bits per heavy atom. The van der Waals surface area contributed by atoms with E-state index in [-0.39, 0.29) is 0 Å². The van der Waals surface area contributed by atoms with Crippen LogP contribution in [0.5, 0.6) is 0 Å². The monoisotopic (exact) mass is 216 g/mol. The molecule has 0 aliphatic heterocycles. The summed E-state index contributed by atoms with van der Waals surface area (Å²) in [5.74, 6) is 0. The van der Waals surface area contributed by atoms with Crippen molar-refractivity contribution in [3.8, 4) is 12.4 Å². The lowest BCUT2D eigenvalue weighted by Gasteiger charge is -2.17. The van der Waals surface area contributed by atoms with Crippen LogP contribution in [0.4, 0.5) is 0 Å². The summed E-state index contributed by atoms with van der Waals surface area (Å²) in [6.07, 6.45) is 6.45. The van der Waals surface area contributed by atoms with Crippen LogP contribution in [0.25, 0.3) is 0 Å². The Morgan fingerprint density at radius 1 is 1.21 bits per heavy atom. The van der Waals surface area contributed by atoms with Gasteiger partial charge >= 0.3 is 0 Å². The molecule has 0 saturated heterocycles. The summed E-state index contributed by atoms with van der Waals surface area (Å²) in [6, 6.07) is 0. The molecule has 0 aromatic heterocycles. The quantitative estimate of drug-likeness (QED) is 0.442. The van der Waals surface area contributed by atoms with Gasteiger partial charge < -0.3 is 4.74 Å². The van der Waals surface area contributed by atoms with Crippen LogP contribution in [-0.2, 0) is 4.74 Å². The van der Waals surface area contributed by atoms with Crippen molar-refractivity contribution in [2.45, 2.75) is 13.8 Å². The number of hydrogen-bond donors (Lipinski definition) is 1. The highest BCUT2D eigenvalue weighted by atomic mass is 31.2. The van der Waals surface area contributed by atoms with Crippen LogP contribution in [-0.4, -0.2) is 32.4 Å². The van der Waals surface area contributed by atoms with Gasteiger partial charge in [-0.3, -0.25) is 0 Å². The predicted octanol–water partition coefficient (Wildman–Crippen LogP) is 1.82. The first-order valence-electron chi connectivity index (χ1n) is 4.45. The molecule has 0 spiro atoms. The lowest BCUT2D eigenvalue weighted by atomic mass is 11.0. The highest BCUT2D eigenvalue weighted by Crippen LogP contribution is 2.53. The van der Waals surface area contributed by atoms with Crippen molar-refractivity contribution in [1.29, 1.82) is 10.5 Å². The lowest BCUT2D eigenvalue weighted by Crippen LogP contribution is -2.03. The van der Waals surface area contributed by atoms with E-state index in [1.807, 2.05) is 0 Å². The maximum atomic E-state index is 7.48. The Morgan fingerprint density at radius 3 is 1.71 bits per heavy atom. The number of hydrogen-bond acceptors (Lipinski definition) is 4. The van der Waals surface area contributed by atoms with Crippen molar-refractivity contribution in [2.24, 2.45) is 0 Å². The summed E-state index contributed by atoms with van der Waals surface area (Å²) in [5.41, 5.74) is 0. The van der Waals surface area contributed by atoms with Gasteiger partial charge in [-0.15, -0.1) is 0 Å². The van der Waals surface area contributed by atoms with Crippen LogP contribution in [0, 0.1) is 22.9 Å². The fourth-order valence-corrected chi connectivity index (χ4v) is 2.18. The van der Waals surface area contributed by atoms with Gasteiger partial charge in [0.1, 0.15) is 0 Å². The van der Waals surface area contributed by atoms with Gasteiger partial charge in [0.05, 0.1) is 19.0 Å². The zero-order chi connectivity index (χ0) is 11.4. The minimum absolute atomic E-state index is 0.653. The molecule has 0 aromatic rings. The summed E-state index contributed by atoms with van der Waals surface area (Å²) in [6.45, 7) is 6.89. The van der Waals surface area contributed by atoms with Crippen molar-refractivity contribution >= 4 is 7.26 Å². The Balaban J connectivity index is 0. The molecule has 0 aliphatic rings. The first-order valence-corrected chi connectivity index (χ1v) is 7.25. The van der Waals surface area contributed by atoms with Gasteiger partial charge in [0.2, 0.25) is 0 Å². The number of methoxy groups -OCH3 is 1. The third kappa shape index (κ3) is 9.26. The molecular weight excluding hydrogens is 197 g/mol. The maximum Gasteiger partial charge on any atom is 0.190 e. The van der Waals surface area contributed by atoms with E-state index in [0.29, 0.717) is 0 Å². The molecule has 0 amide bonds. The standard InChI is InChI=1S/C7H18OP.C2HN3/c1-5-9(4,6-2)7-8-3;3-1-5-2-4/h5-7H2,1-4H3;5H/q+1;. The maximum absolute atomic E-state index is 7.48. The van der Waals surface area contributed by atoms with E-state index < -0.39 is 7.26 Å². The second-order valence-corrected chi connectivity index (χ2v) is 7.78. The second-order valence-electron chi connectivity index (χ2n) is 3.02.